The number of carboxylic acids is 3. The van der Waals surface area contributed by atoms with E-state index in [1.165, 1.54) is 32.1 Å². The van der Waals surface area contributed by atoms with E-state index in [0.29, 0.717) is 25.8 Å². The first-order chi connectivity index (χ1) is 17.7. The van der Waals surface area contributed by atoms with Gasteiger partial charge in [0, 0.05) is 5.92 Å². The molecule has 7 nitrogen and oxygen atoms in total. The number of carbonyl (C=O) groups is 3. The molecule has 0 radical (unpaired) electrons. The maximum Gasteiger partial charge on any atom is 0.312 e. The Kier molecular flexibility index (Phi) is 20.0. The SMILES string of the molecule is CCCCCCC/C=C/CCCCCC[N+](CC(CC)C(=O)[O-])(CC(CC)C(=O)O)CC(CC)C(=O)O. The number of aliphatic carboxylic acids is 3. The zero-order chi connectivity index (χ0) is 28.1. The van der Waals surface area contributed by atoms with E-state index in [1.54, 1.807) is 6.92 Å². The number of quaternary nitrogens is 1. The van der Waals surface area contributed by atoms with Gasteiger partial charge in [-0.25, -0.2) is 0 Å². The number of hydrogen-bond acceptors (Lipinski definition) is 4. The van der Waals surface area contributed by atoms with E-state index in [4.69, 9.17) is 0 Å². The highest BCUT2D eigenvalue weighted by atomic mass is 16.4. The molecule has 0 saturated carbocycles. The van der Waals surface area contributed by atoms with E-state index in [1.807, 2.05) is 13.8 Å². The number of nitrogens with zero attached hydrogens (tertiary/aromatic N) is 1. The van der Waals surface area contributed by atoms with Gasteiger partial charge in [0.05, 0.1) is 32.1 Å². The van der Waals surface area contributed by atoms with E-state index in [0.717, 1.165) is 38.5 Å². The molecule has 3 unspecified atom stereocenters. The van der Waals surface area contributed by atoms with Gasteiger partial charge in [0.15, 0.2) is 0 Å². The minimum Gasteiger partial charge on any atom is -0.550 e. The van der Waals surface area contributed by atoms with Crippen LogP contribution in [0.25, 0.3) is 0 Å². The van der Waals surface area contributed by atoms with Crippen LogP contribution in [0.3, 0.4) is 0 Å². The molecule has 0 aliphatic carbocycles. The molecule has 37 heavy (non-hydrogen) atoms. The van der Waals surface area contributed by atoms with Crippen LogP contribution in [0.1, 0.15) is 118 Å². The van der Waals surface area contributed by atoms with Crippen molar-refractivity contribution >= 4 is 17.9 Å². The van der Waals surface area contributed by atoms with Crippen LogP contribution in [-0.2, 0) is 14.4 Å². The third-order valence-corrected chi connectivity index (χ3v) is 7.73. The number of carboxylic acid groups (broad SMARTS) is 3. The van der Waals surface area contributed by atoms with Gasteiger partial charge < -0.3 is 24.6 Å². The highest BCUT2D eigenvalue weighted by Gasteiger charge is 2.39. The van der Waals surface area contributed by atoms with Gasteiger partial charge in [-0.05, 0) is 57.8 Å². The Morgan fingerprint density at radius 1 is 0.649 bits per heavy atom. The fraction of sp³-hybridized carbons (Fsp3) is 0.833. The smallest absolute Gasteiger partial charge is 0.312 e. The number of allylic oxidation sites excluding steroid dienone is 2. The lowest BCUT2D eigenvalue weighted by atomic mass is 9.95. The number of carbonyl (C=O) groups excluding carboxylic acids is 1. The zero-order valence-corrected chi connectivity index (χ0v) is 24.1. The first-order valence-electron chi connectivity index (χ1n) is 14.8. The second kappa shape index (κ2) is 21.1. The van der Waals surface area contributed by atoms with Crippen molar-refractivity contribution in [3.63, 3.8) is 0 Å². The van der Waals surface area contributed by atoms with Gasteiger partial charge in [-0.1, -0.05) is 72.0 Å². The molecular weight excluding hydrogens is 470 g/mol. The predicted molar refractivity (Wildman–Crippen MR) is 147 cm³/mol. The molecule has 3 atom stereocenters. The highest BCUT2D eigenvalue weighted by Crippen LogP contribution is 2.25. The van der Waals surface area contributed by atoms with Crippen LogP contribution in [0.4, 0.5) is 0 Å². The summed E-state index contributed by atoms with van der Waals surface area (Å²) in [6.45, 7) is 8.95. The number of hydrogen-bond donors (Lipinski definition) is 2. The zero-order valence-electron chi connectivity index (χ0n) is 24.1. The summed E-state index contributed by atoms with van der Waals surface area (Å²) in [4.78, 5) is 35.6. The Hall–Kier alpha value is -1.89. The fourth-order valence-electron chi connectivity index (χ4n) is 5.20. The normalized spacial score (nSPS) is 15.8. The third-order valence-electron chi connectivity index (χ3n) is 7.73. The van der Waals surface area contributed by atoms with E-state index < -0.39 is 35.7 Å². The van der Waals surface area contributed by atoms with E-state index >= 15 is 0 Å². The van der Waals surface area contributed by atoms with Crippen molar-refractivity contribution in [2.75, 3.05) is 26.2 Å². The van der Waals surface area contributed by atoms with Crippen molar-refractivity contribution in [2.24, 2.45) is 17.8 Å². The number of unbranched alkanes of at least 4 members (excludes halogenated alkanes) is 9. The van der Waals surface area contributed by atoms with Crippen molar-refractivity contribution in [1.82, 2.24) is 0 Å². The summed E-state index contributed by atoms with van der Waals surface area (Å²) in [7, 11) is 0. The van der Waals surface area contributed by atoms with Gasteiger partial charge in [0.25, 0.3) is 0 Å². The average Bonchev–Trinajstić information content (AvgIpc) is 2.86. The summed E-state index contributed by atoms with van der Waals surface area (Å²) in [6.07, 6.45) is 18.3. The van der Waals surface area contributed by atoms with Gasteiger partial charge in [0.1, 0.15) is 11.8 Å². The summed E-state index contributed by atoms with van der Waals surface area (Å²) < 4.78 is 0.208. The van der Waals surface area contributed by atoms with E-state index in [2.05, 4.69) is 19.1 Å². The quantitative estimate of drug-likeness (QED) is 0.0902. The molecule has 0 heterocycles. The van der Waals surface area contributed by atoms with Crippen molar-refractivity contribution < 1.29 is 34.2 Å². The monoisotopic (exact) mass is 525 g/mol. The van der Waals surface area contributed by atoms with Crippen molar-refractivity contribution in [3.8, 4) is 0 Å². The molecule has 0 rings (SSSR count). The molecule has 7 heteroatoms. The van der Waals surface area contributed by atoms with Crippen molar-refractivity contribution in [2.45, 2.75) is 118 Å². The Labute approximate surface area is 225 Å². The molecule has 0 fully saturated rings. The second-order valence-corrected chi connectivity index (χ2v) is 10.8. The van der Waals surface area contributed by atoms with Gasteiger partial charge >= 0.3 is 11.9 Å². The summed E-state index contributed by atoms with van der Waals surface area (Å²) in [5.74, 6) is -4.98. The van der Waals surface area contributed by atoms with E-state index in [9.17, 15) is 29.7 Å². The topological polar surface area (TPSA) is 115 Å². The molecule has 2 N–H and O–H groups in total. The molecule has 0 aliphatic rings. The van der Waals surface area contributed by atoms with Crippen LogP contribution in [0.15, 0.2) is 12.2 Å². The summed E-state index contributed by atoms with van der Waals surface area (Å²) in [6, 6.07) is 0. The largest absolute Gasteiger partial charge is 0.550 e. The Morgan fingerprint density at radius 3 is 1.43 bits per heavy atom. The van der Waals surface area contributed by atoms with Crippen LogP contribution in [0.2, 0.25) is 0 Å². The molecule has 0 amide bonds. The lowest BCUT2D eigenvalue weighted by molar-refractivity contribution is -0.935. The molecule has 0 aromatic rings. The molecule has 0 spiro atoms. The Morgan fingerprint density at radius 2 is 1.05 bits per heavy atom. The summed E-state index contributed by atoms with van der Waals surface area (Å²) >= 11 is 0. The Balaban J connectivity index is 5.19. The predicted octanol–water partition coefficient (Wildman–Crippen LogP) is 5.67. The highest BCUT2D eigenvalue weighted by molar-refractivity contribution is 5.70. The summed E-state index contributed by atoms with van der Waals surface area (Å²) in [5.41, 5.74) is 0. The van der Waals surface area contributed by atoms with Gasteiger partial charge in [0.2, 0.25) is 0 Å². The summed E-state index contributed by atoms with van der Waals surface area (Å²) in [5, 5.41) is 31.3. The second-order valence-electron chi connectivity index (χ2n) is 10.8. The van der Waals surface area contributed by atoms with E-state index in [-0.39, 0.29) is 24.1 Å². The molecular formula is C30H55NO6. The lowest BCUT2D eigenvalue weighted by Gasteiger charge is -2.44. The van der Waals surface area contributed by atoms with Crippen LogP contribution in [0, 0.1) is 17.8 Å². The van der Waals surface area contributed by atoms with Gasteiger partial charge in [-0.3, -0.25) is 9.59 Å². The maximum atomic E-state index is 11.9. The molecule has 0 aromatic heterocycles. The van der Waals surface area contributed by atoms with Crippen LogP contribution in [0.5, 0.6) is 0 Å². The number of rotatable bonds is 25. The van der Waals surface area contributed by atoms with Crippen LogP contribution < -0.4 is 5.11 Å². The van der Waals surface area contributed by atoms with Crippen LogP contribution >= 0.6 is 0 Å². The van der Waals surface area contributed by atoms with Gasteiger partial charge in [-0.15, -0.1) is 0 Å². The molecule has 216 valence electrons. The Bertz CT molecular complexity index is 603. The lowest BCUT2D eigenvalue weighted by Crippen LogP contribution is -2.59. The van der Waals surface area contributed by atoms with Crippen molar-refractivity contribution in [1.29, 1.82) is 0 Å². The standard InChI is InChI=1S/C30H55NO6/c1-5-9-10-11-12-13-14-15-16-17-18-19-20-21-31(22-25(6-2)28(32)33,23-26(7-3)29(34)35)24-27(8-4)30(36)37/h14-15,25-27H,5-13,16-24H2,1-4H3,(H2-,32,33,34,35,36,37)/b15-14+. The van der Waals surface area contributed by atoms with Crippen molar-refractivity contribution in [3.05, 3.63) is 12.2 Å². The molecule has 0 saturated heterocycles. The average molecular weight is 526 g/mol. The molecule has 0 bridgehead atoms. The molecule has 0 aromatic carbocycles. The molecule has 0 aliphatic heterocycles. The minimum atomic E-state index is -1.14. The maximum absolute atomic E-state index is 11.9. The fourth-order valence-corrected chi connectivity index (χ4v) is 5.20. The van der Waals surface area contributed by atoms with Crippen LogP contribution in [-0.4, -0.2) is 58.8 Å². The van der Waals surface area contributed by atoms with Gasteiger partial charge in [-0.2, -0.15) is 0 Å². The minimum absolute atomic E-state index is 0.208. The first-order valence-corrected chi connectivity index (χ1v) is 14.8. The third kappa shape index (κ3) is 15.8. The first kappa shape index (κ1) is 35.1.